The molecule has 10 heteroatoms. The number of nitrogens with one attached hydrogen (secondary N) is 1. The Kier molecular flexibility index (Phi) is 6.85. The van der Waals surface area contributed by atoms with E-state index in [0.717, 1.165) is 12.1 Å². The second-order valence-electron chi connectivity index (χ2n) is 4.53. The second-order valence-corrected chi connectivity index (χ2v) is 4.53. The van der Waals surface area contributed by atoms with Crippen molar-refractivity contribution < 1.29 is 32.4 Å². The van der Waals surface area contributed by atoms with Crippen LogP contribution in [0.25, 0.3) is 0 Å². The first kappa shape index (κ1) is 19.9. The van der Waals surface area contributed by atoms with E-state index in [1.165, 1.54) is 6.08 Å². The van der Waals surface area contributed by atoms with Gasteiger partial charge < -0.3 is 10.1 Å². The van der Waals surface area contributed by atoms with Gasteiger partial charge in [-0.05, 0) is 19.1 Å². The Morgan fingerprint density at radius 3 is 2.56 bits per heavy atom. The summed E-state index contributed by atoms with van der Waals surface area (Å²) >= 11 is 0. The quantitative estimate of drug-likeness (QED) is 0.277. The lowest BCUT2D eigenvalue weighted by molar-refractivity contribution is -0.384. The topological polar surface area (TPSA) is 98.5 Å². The highest BCUT2D eigenvalue weighted by Crippen LogP contribution is 2.34. The van der Waals surface area contributed by atoms with Gasteiger partial charge in [0.15, 0.2) is 6.61 Å². The van der Waals surface area contributed by atoms with E-state index < -0.39 is 46.5 Å². The molecule has 0 radical (unpaired) electrons. The summed E-state index contributed by atoms with van der Waals surface area (Å²) in [6.07, 6.45) is 0.865. The third kappa shape index (κ3) is 6.45. The predicted octanol–water partition coefficient (Wildman–Crippen LogP) is 3.23. The lowest BCUT2D eigenvalue weighted by atomic mass is 10.1. The maximum atomic E-state index is 12.6. The molecule has 1 rings (SSSR count). The van der Waals surface area contributed by atoms with E-state index in [1.807, 2.05) is 5.32 Å². The summed E-state index contributed by atoms with van der Waals surface area (Å²) in [5.41, 5.74) is -2.59. The van der Waals surface area contributed by atoms with Crippen LogP contribution in [0.1, 0.15) is 12.5 Å². The lowest BCUT2D eigenvalue weighted by Crippen LogP contribution is -2.21. The molecule has 0 aliphatic heterocycles. The Hall–Kier alpha value is -3.17. The van der Waals surface area contributed by atoms with Crippen LogP contribution in [0.15, 0.2) is 42.5 Å². The minimum absolute atomic E-state index is 0.307. The zero-order chi connectivity index (χ0) is 19.0. The Morgan fingerprint density at radius 1 is 1.32 bits per heavy atom. The van der Waals surface area contributed by atoms with Crippen molar-refractivity contribution in [3.63, 3.8) is 0 Å². The average Bonchev–Trinajstić information content (AvgIpc) is 2.52. The first-order chi connectivity index (χ1) is 11.6. The highest BCUT2D eigenvalue weighted by molar-refractivity contribution is 5.95. The highest BCUT2D eigenvalue weighted by atomic mass is 19.4. The van der Waals surface area contributed by atoms with Crippen molar-refractivity contribution in [1.82, 2.24) is 0 Å². The number of rotatable bonds is 6. The number of nitro benzene ring substituents is 1. The van der Waals surface area contributed by atoms with Gasteiger partial charge in [-0.1, -0.05) is 18.2 Å². The number of hydrogen-bond donors (Lipinski definition) is 1. The smallest absolute Gasteiger partial charge is 0.416 e. The predicted molar refractivity (Wildman–Crippen MR) is 81.6 cm³/mol. The van der Waals surface area contributed by atoms with Crippen molar-refractivity contribution in [2.75, 3.05) is 11.9 Å². The van der Waals surface area contributed by atoms with Gasteiger partial charge in [-0.2, -0.15) is 13.2 Å². The SMILES string of the molecule is C/C=C/C=C/C(=O)OCC(=O)Nc1ccc(C(F)(F)F)cc1[N+](=O)[O-]. The van der Waals surface area contributed by atoms with Gasteiger partial charge in [0.25, 0.3) is 11.6 Å². The van der Waals surface area contributed by atoms with Crippen molar-refractivity contribution in [3.8, 4) is 0 Å². The molecule has 0 unspecified atom stereocenters. The zero-order valence-corrected chi connectivity index (χ0v) is 12.9. The van der Waals surface area contributed by atoms with Crippen molar-refractivity contribution >= 4 is 23.3 Å². The van der Waals surface area contributed by atoms with E-state index in [1.54, 1.807) is 19.1 Å². The number of allylic oxidation sites excluding steroid dienone is 3. The van der Waals surface area contributed by atoms with Gasteiger partial charge >= 0.3 is 12.1 Å². The van der Waals surface area contributed by atoms with Gasteiger partial charge in [0.2, 0.25) is 0 Å². The van der Waals surface area contributed by atoms with Crippen molar-refractivity contribution in [3.05, 3.63) is 58.2 Å². The fourth-order valence-electron chi connectivity index (χ4n) is 1.58. The minimum atomic E-state index is -4.76. The number of nitrogens with zero attached hydrogens (tertiary/aromatic N) is 1. The maximum Gasteiger partial charge on any atom is 0.416 e. The van der Waals surface area contributed by atoms with Crippen LogP contribution in [0.5, 0.6) is 0 Å². The van der Waals surface area contributed by atoms with Crippen molar-refractivity contribution in [2.24, 2.45) is 0 Å². The van der Waals surface area contributed by atoms with Gasteiger partial charge in [-0.15, -0.1) is 0 Å². The molecule has 0 aromatic heterocycles. The molecule has 0 atom stereocenters. The molecule has 0 bridgehead atoms. The molecule has 0 saturated carbocycles. The summed E-state index contributed by atoms with van der Waals surface area (Å²) in [5, 5.41) is 12.9. The number of esters is 1. The number of benzene rings is 1. The number of alkyl halides is 3. The minimum Gasteiger partial charge on any atom is -0.452 e. The van der Waals surface area contributed by atoms with Gasteiger partial charge in [0.05, 0.1) is 10.5 Å². The number of carbonyl (C=O) groups excluding carboxylic acids is 2. The normalized spacial score (nSPS) is 11.7. The van der Waals surface area contributed by atoms with E-state index in [-0.39, 0.29) is 0 Å². The zero-order valence-electron chi connectivity index (χ0n) is 12.9. The largest absolute Gasteiger partial charge is 0.452 e. The molecule has 7 nitrogen and oxygen atoms in total. The number of anilines is 1. The van der Waals surface area contributed by atoms with Gasteiger partial charge in [0, 0.05) is 12.1 Å². The number of halogens is 3. The molecule has 0 heterocycles. The van der Waals surface area contributed by atoms with Crippen LogP contribution in [-0.4, -0.2) is 23.4 Å². The van der Waals surface area contributed by atoms with E-state index >= 15 is 0 Å². The summed E-state index contributed by atoms with van der Waals surface area (Å²) in [6, 6.07) is 1.66. The van der Waals surface area contributed by atoms with Crippen LogP contribution in [0, 0.1) is 10.1 Å². The molecule has 0 aliphatic carbocycles. The fourth-order valence-corrected chi connectivity index (χ4v) is 1.58. The number of hydrogen-bond acceptors (Lipinski definition) is 5. The number of amides is 1. The fraction of sp³-hybridized carbons (Fsp3) is 0.200. The number of ether oxygens (including phenoxy) is 1. The summed E-state index contributed by atoms with van der Waals surface area (Å²) in [6.45, 7) is 0.970. The standard InChI is InChI=1S/C15H13F3N2O5/c1-2-3-4-5-14(22)25-9-13(21)19-11-7-6-10(15(16,17)18)8-12(11)20(23)24/h2-8H,9H2,1H3,(H,19,21)/b3-2+,5-4+. The molecule has 1 aromatic rings. The van der Waals surface area contributed by atoms with E-state index in [4.69, 9.17) is 0 Å². The van der Waals surface area contributed by atoms with E-state index in [0.29, 0.717) is 12.1 Å². The van der Waals surface area contributed by atoms with Crippen LogP contribution in [0.4, 0.5) is 24.5 Å². The molecular weight excluding hydrogens is 345 g/mol. The molecule has 1 aromatic carbocycles. The number of nitro groups is 1. The Morgan fingerprint density at radius 2 is 2.00 bits per heavy atom. The Balaban J connectivity index is 2.80. The van der Waals surface area contributed by atoms with Gasteiger partial charge in [-0.3, -0.25) is 14.9 Å². The Bertz CT molecular complexity index is 726. The summed E-state index contributed by atoms with van der Waals surface area (Å²) < 4.78 is 42.3. The van der Waals surface area contributed by atoms with E-state index in [9.17, 15) is 32.9 Å². The highest BCUT2D eigenvalue weighted by Gasteiger charge is 2.33. The molecule has 0 saturated heterocycles. The van der Waals surface area contributed by atoms with Crippen LogP contribution < -0.4 is 5.32 Å². The summed E-state index contributed by atoms with van der Waals surface area (Å²) in [4.78, 5) is 32.7. The van der Waals surface area contributed by atoms with Crippen LogP contribution in [-0.2, 0) is 20.5 Å². The van der Waals surface area contributed by atoms with Crippen LogP contribution in [0.3, 0.4) is 0 Å². The average molecular weight is 358 g/mol. The Labute approximate surface area is 139 Å². The molecule has 0 aliphatic rings. The van der Waals surface area contributed by atoms with Crippen LogP contribution in [0.2, 0.25) is 0 Å². The molecule has 1 N–H and O–H groups in total. The summed E-state index contributed by atoms with van der Waals surface area (Å²) in [5.74, 6) is -1.76. The molecule has 1 amide bonds. The third-order valence-electron chi connectivity index (χ3n) is 2.68. The molecule has 25 heavy (non-hydrogen) atoms. The van der Waals surface area contributed by atoms with Crippen molar-refractivity contribution in [2.45, 2.75) is 13.1 Å². The van der Waals surface area contributed by atoms with Crippen LogP contribution >= 0.6 is 0 Å². The first-order valence-electron chi connectivity index (χ1n) is 6.76. The number of carbonyl (C=O) groups is 2. The monoisotopic (exact) mass is 358 g/mol. The maximum absolute atomic E-state index is 12.6. The molecule has 0 spiro atoms. The third-order valence-corrected chi connectivity index (χ3v) is 2.68. The second kappa shape index (κ2) is 8.62. The van der Waals surface area contributed by atoms with E-state index in [2.05, 4.69) is 4.74 Å². The molecular formula is C15H13F3N2O5. The van der Waals surface area contributed by atoms with Gasteiger partial charge in [0.1, 0.15) is 5.69 Å². The molecule has 0 fully saturated rings. The lowest BCUT2D eigenvalue weighted by Gasteiger charge is -2.10. The first-order valence-corrected chi connectivity index (χ1v) is 6.76. The molecule has 134 valence electrons. The van der Waals surface area contributed by atoms with Gasteiger partial charge in [-0.25, -0.2) is 4.79 Å². The summed E-state index contributed by atoms with van der Waals surface area (Å²) in [7, 11) is 0. The van der Waals surface area contributed by atoms with Crippen molar-refractivity contribution in [1.29, 1.82) is 0 Å².